The van der Waals surface area contributed by atoms with Gasteiger partial charge >= 0.3 is 0 Å². The van der Waals surface area contributed by atoms with E-state index in [9.17, 15) is 4.79 Å². The number of nitrogens with two attached hydrogens (primary N) is 1. The summed E-state index contributed by atoms with van der Waals surface area (Å²) in [6.45, 7) is 2.07. The highest BCUT2D eigenvalue weighted by Crippen LogP contribution is 2.39. The molecule has 1 aromatic carbocycles. The number of carbonyl (C=O) groups excluding carboxylic acids is 1. The molecular formula is C18H27ClN2O. The first-order valence-corrected chi connectivity index (χ1v) is 8.23. The summed E-state index contributed by atoms with van der Waals surface area (Å²) in [6.07, 6.45) is 6.39. The number of amides is 1. The van der Waals surface area contributed by atoms with Gasteiger partial charge in [0.15, 0.2) is 0 Å². The fourth-order valence-electron chi connectivity index (χ4n) is 4.24. The highest BCUT2D eigenvalue weighted by Gasteiger charge is 2.39. The van der Waals surface area contributed by atoms with Crippen LogP contribution in [0.1, 0.15) is 43.2 Å². The number of rotatable bonds is 3. The molecule has 2 aliphatic carbocycles. The Bertz CT molecular complexity index is 506. The van der Waals surface area contributed by atoms with Crippen molar-refractivity contribution >= 4 is 18.3 Å². The second-order valence-electron chi connectivity index (χ2n) is 6.88. The number of hydrogen-bond donors (Lipinski definition) is 2. The lowest BCUT2D eigenvalue weighted by Gasteiger charge is -2.45. The number of aryl methyl sites for hydroxylation is 1. The topological polar surface area (TPSA) is 55.1 Å². The normalized spacial score (nSPS) is 30.3. The number of nitrogens with one attached hydrogen (secondary N) is 1. The fourth-order valence-corrected chi connectivity index (χ4v) is 4.24. The van der Waals surface area contributed by atoms with Gasteiger partial charge in [-0.15, -0.1) is 12.4 Å². The summed E-state index contributed by atoms with van der Waals surface area (Å²) in [5.74, 6) is 1.35. The molecule has 2 fully saturated rings. The molecule has 0 aromatic heterocycles. The van der Waals surface area contributed by atoms with Crippen LogP contribution in [0.15, 0.2) is 24.3 Å². The van der Waals surface area contributed by atoms with Gasteiger partial charge in [-0.25, -0.2) is 0 Å². The monoisotopic (exact) mass is 322 g/mol. The van der Waals surface area contributed by atoms with E-state index < -0.39 is 0 Å². The van der Waals surface area contributed by atoms with Gasteiger partial charge in [-0.3, -0.25) is 4.79 Å². The summed E-state index contributed by atoms with van der Waals surface area (Å²) >= 11 is 0. The Morgan fingerprint density at radius 2 is 1.86 bits per heavy atom. The van der Waals surface area contributed by atoms with Gasteiger partial charge in [-0.1, -0.05) is 30.7 Å². The van der Waals surface area contributed by atoms with Crippen LogP contribution in [0.4, 0.5) is 0 Å². The van der Waals surface area contributed by atoms with Crippen LogP contribution in [-0.4, -0.2) is 18.0 Å². The maximum atomic E-state index is 12.4. The largest absolute Gasteiger partial charge is 0.353 e. The maximum absolute atomic E-state index is 12.4. The highest BCUT2D eigenvalue weighted by molar-refractivity contribution is 5.85. The van der Waals surface area contributed by atoms with Crippen LogP contribution in [-0.2, 0) is 11.2 Å². The smallest absolute Gasteiger partial charge is 0.224 e. The molecule has 2 bridgehead atoms. The van der Waals surface area contributed by atoms with Gasteiger partial charge < -0.3 is 11.1 Å². The van der Waals surface area contributed by atoms with Crippen LogP contribution in [0.25, 0.3) is 0 Å². The molecular weight excluding hydrogens is 296 g/mol. The molecule has 0 radical (unpaired) electrons. The fraction of sp³-hybridized carbons (Fsp3) is 0.611. The number of hydrogen-bond acceptors (Lipinski definition) is 2. The summed E-state index contributed by atoms with van der Waals surface area (Å²) in [7, 11) is 0. The van der Waals surface area contributed by atoms with E-state index in [-0.39, 0.29) is 18.3 Å². The van der Waals surface area contributed by atoms with Crippen molar-refractivity contribution in [3.8, 4) is 0 Å². The molecule has 2 saturated carbocycles. The predicted octanol–water partition coefficient (Wildman–Crippen LogP) is 2.98. The van der Waals surface area contributed by atoms with E-state index >= 15 is 0 Å². The predicted molar refractivity (Wildman–Crippen MR) is 92.1 cm³/mol. The van der Waals surface area contributed by atoms with Crippen molar-refractivity contribution in [1.82, 2.24) is 5.32 Å². The molecule has 2 atom stereocenters. The van der Waals surface area contributed by atoms with E-state index in [2.05, 4.69) is 18.3 Å². The highest BCUT2D eigenvalue weighted by atomic mass is 35.5. The Hall–Kier alpha value is -1.06. The van der Waals surface area contributed by atoms with E-state index in [0.29, 0.717) is 30.3 Å². The van der Waals surface area contributed by atoms with Gasteiger partial charge in [-0.05, 0) is 55.6 Å². The molecule has 1 aromatic rings. The van der Waals surface area contributed by atoms with Crippen molar-refractivity contribution in [3.05, 3.63) is 35.4 Å². The number of halogens is 1. The minimum absolute atomic E-state index is 0. The quantitative estimate of drug-likeness (QED) is 0.899. The molecule has 0 spiro atoms. The van der Waals surface area contributed by atoms with Gasteiger partial charge in [0.05, 0.1) is 6.42 Å². The Kier molecular flexibility index (Phi) is 5.87. The van der Waals surface area contributed by atoms with E-state index in [1.807, 2.05) is 18.2 Å². The molecule has 0 aliphatic heterocycles. The van der Waals surface area contributed by atoms with Crippen LogP contribution in [0, 0.1) is 18.8 Å². The Morgan fingerprint density at radius 1 is 1.23 bits per heavy atom. The summed E-state index contributed by atoms with van der Waals surface area (Å²) in [4.78, 5) is 12.4. The lowest BCUT2D eigenvalue weighted by atomic mass is 9.67. The van der Waals surface area contributed by atoms with Gasteiger partial charge in [0.1, 0.15) is 0 Å². The molecule has 4 heteroatoms. The minimum atomic E-state index is 0. The molecule has 1 amide bonds. The number of fused-ring (bicyclic) bond motifs is 2. The van der Waals surface area contributed by atoms with Crippen LogP contribution in [0.3, 0.4) is 0 Å². The molecule has 2 unspecified atom stereocenters. The minimum Gasteiger partial charge on any atom is -0.353 e. The lowest BCUT2D eigenvalue weighted by molar-refractivity contribution is -0.122. The number of carbonyl (C=O) groups is 1. The molecule has 3 N–H and O–H groups in total. The van der Waals surface area contributed by atoms with Crippen LogP contribution in [0.2, 0.25) is 0 Å². The van der Waals surface area contributed by atoms with Crippen molar-refractivity contribution in [2.75, 3.05) is 0 Å². The Labute approximate surface area is 139 Å². The van der Waals surface area contributed by atoms with Crippen LogP contribution < -0.4 is 11.1 Å². The summed E-state index contributed by atoms with van der Waals surface area (Å²) < 4.78 is 0. The van der Waals surface area contributed by atoms with Crippen LogP contribution >= 0.6 is 12.4 Å². The standard InChI is InChI=1S/C18H26N2O.ClH/c1-12-5-2-3-6-13(12)11-17(21)20-18-14-7-4-8-15(18)10-16(19)9-14;/h2-3,5-6,14-16,18H,4,7-11,19H2,1H3,(H,20,21);1H. The Morgan fingerprint density at radius 3 is 2.50 bits per heavy atom. The molecule has 0 heterocycles. The zero-order chi connectivity index (χ0) is 14.8. The van der Waals surface area contributed by atoms with Crippen molar-refractivity contribution in [1.29, 1.82) is 0 Å². The van der Waals surface area contributed by atoms with Crippen molar-refractivity contribution in [3.63, 3.8) is 0 Å². The molecule has 22 heavy (non-hydrogen) atoms. The number of benzene rings is 1. The molecule has 122 valence electrons. The first-order valence-electron chi connectivity index (χ1n) is 8.23. The zero-order valence-electron chi connectivity index (χ0n) is 13.3. The van der Waals surface area contributed by atoms with Crippen molar-refractivity contribution < 1.29 is 4.79 Å². The van der Waals surface area contributed by atoms with Gasteiger partial charge in [0.2, 0.25) is 5.91 Å². The first-order chi connectivity index (χ1) is 10.1. The second kappa shape index (κ2) is 7.47. The zero-order valence-corrected chi connectivity index (χ0v) is 14.1. The Balaban J connectivity index is 0.00000176. The third-order valence-electron chi connectivity index (χ3n) is 5.32. The lowest BCUT2D eigenvalue weighted by Crippen LogP contribution is -2.54. The summed E-state index contributed by atoms with van der Waals surface area (Å²) in [6, 6.07) is 8.83. The molecule has 2 aliphatic rings. The van der Waals surface area contributed by atoms with Crippen molar-refractivity contribution in [2.45, 2.75) is 57.5 Å². The second-order valence-corrected chi connectivity index (χ2v) is 6.88. The SMILES string of the molecule is Cc1ccccc1CC(=O)NC1C2CCCC1CC(N)C2.Cl. The van der Waals surface area contributed by atoms with Gasteiger partial charge in [-0.2, -0.15) is 0 Å². The summed E-state index contributed by atoms with van der Waals surface area (Å²) in [5, 5.41) is 3.32. The molecule has 3 rings (SSSR count). The van der Waals surface area contributed by atoms with E-state index in [1.165, 1.54) is 24.8 Å². The van der Waals surface area contributed by atoms with E-state index in [1.54, 1.807) is 0 Å². The third kappa shape index (κ3) is 3.82. The molecule has 0 saturated heterocycles. The third-order valence-corrected chi connectivity index (χ3v) is 5.32. The van der Waals surface area contributed by atoms with Gasteiger partial charge in [0, 0.05) is 12.1 Å². The first kappa shape index (κ1) is 17.3. The maximum Gasteiger partial charge on any atom is 0.224 e. The summed E-state index contributed by atoms with van der Waals surface area (Å²) in [5.41, 5.74) is 8.47. The van der Waals surface area contributed by atoms with E-state index in [0.717, 1.165) is 18.4 Å². The average molecular weight is 323 g/mol. The van der Waals surface area contributed by atoms with Crippen LogP contribution in [0.5, 0.6) is 0 Å². The average Bonchev–Trinajstić information content (AvgIpc) is 2.42. The molecule has 3 nitrogen and oxygen atoms in total. The van der Waals surface area contributed by atoms with Gasteiger partial charge in [0.25, 0.3) is 0 Å². The van der Waals surface area contributed by atoms with Crippen molar-refractivity contribution in [2.24, 2.45) is 17.6 Å². The van der Waals surface area contributed by atoms with E-state index in [4.69, 9.17) is 5.73 Å².